The third kappa shape index (κ3) is 21.9. The van der Waals surface area contributed by atoms with Crippen molar-refractivity contribution in [2.75, 3.05) is 40.1 Å². The molecular weight excluding hydrogens is 1520 g/mol. The lowest BCUT2D eigenvalue weighted by Crippen LogP contribution is -2.66. The van der Waals surface area contributed by atoms with Crippen LogP contribution in [0.25, 0.3) is 0 Å². The van der Waals surface area contributed by atoms with Gasteiger partial charge >= 0.3 is 17.9 Å². The fourth-order valence-electron chi connectivity index (χ4n) is 17.2. The molecule has 11 fully saturated rings. The number of hydrogen-bond donors (Lipinski definition) is 22. The van der Waals surface area contributed by atoms with Crippen LogP contribution in [0.5, 0.6) is 0 Å². The zero-order chi connectivity index (χ0) is 81.5. The zero-order valence-corrected chi connectivity index (χ0v) is 62.1. The molecule has 646 valence electrons. The smallest absolute Gasteiger partial charge is 0.330 e. The van der Waals surface area contributed by atoms with Crippen molar-refractivity contribution in [2.24, 2.45) is 29.6 Å². The second kappa shape index (κ2) is 40.6. The summed E-state index contributed by atoms with van der Waals surface area (Å²) in [7, 11) is 1.42. The molecule has 0 bridgehead atoms. The van der Waals surface area contributed by atoms with Gasteiger partial charge in [-0.3, -0.25) is 0 Å². The van der Waals surface area contributed by atoms with Gasteiger partial charge < -0.3 is 183 Å². The van der Waals surface area contributed by atoms with Gasteiger partial charge in [0.1, 0.15) is 142 Å². The zero-order valence-electron chi connectivity index (χ0n) is 62.1. The number of aliphatic hydroxyl groups is 22. The molecule has 6 heterocycles. The van der Waals surface area contributed by atoms with Crippen molar-refractivity contribution in [3.8, 4) is 0 Å². The average molecular weight is 1630 g/mol. The van der Waals surface area contributed by atoms with E-state index in [1.807, 2.05) is 0 Å². The monoisotopic (exact) mass is 1630 g/mol. The van der Waals surface area contributed by atoms with Gasteiger partial charge in [-0.1, -0.05) is 18.2 Å². The van der Waals surface area contributed by atoms with Crippen molar-refractivity contribution in [3.63, 3.8) is 0 Å². The van der Waals surface area contributed by atoms with Crippen molar-refractivity contribution in [1.29, 1.82) is 0 Å². The summed E-state index contributed by atoms with van der Waals surface area (Å²) in [4.78, 5) is 39.6. The molecular formula is C73H114O40. The first-order valence-electron chi connectivity index (χ1n) is 38.9. The molecule has 0 amide bonds. The van der Waals surface area contributed by atoms with E-state index in [2.05, 4.69) is 0 Å². The van der Waals surface area contributed by atoms with Crippen molar-refractivity contribution in [3.05, 3.63) is 36.5 Å². The first kappa shape index (κ1) is 90.0. The summed E-state index contributed by atoms with van der Waals surface area (Å²) in [6.07, 6.45) is -47.5. The molecule has 11 aliphatic rings. The summed E-state index contributed by atoms with van der Waals surface area (Å²) in [5.41, 5.74) is 0. The van der Waals surface area contributed by atoms with E-state index in [0.717, 1.165) is 18.2 Å². The van der Waals surface area contributed by atoms with E-state index in [4.69, 9.17) is 71.1 Å². The number of carbonyl (C=O) groups excluding carboxylic acids is 3. The van der Waals surface area contributed by atoms with E-state index in [9.17, 15) is 127 Å². The summed E-state index contributed by atoms with van der Waals surface area (Å²) >= 11 is 0. The molecule has 0 aromatic rings. The molecule has 5 saturated carbocycles. The van der Waals surface area contributed by atoms with Crippen LogP contribution in [0.3, 0.4) is 0 Å². The van der Waals surface area contributed by atoms with Crippen LogP contribution < -0.4 is 0 Å². The number of methoxy groups -OCH3 is 1. The number of esters is 3. The quantitative estimate of drug-likeness (QED) is 0.0217. The van der Waals surface area contributed by atoms with Gasteiger partial charge in [0.25, 0.3) is 0 Å². The van der Waals surface area contributed by atoms with Crippen molar-refractivity contribution in [1.82, 2.24) is 0 Å². The Hall–Kier alpha value is -3.73. The van der Waals surface area contributed by atoms with Gasteiger partial charge in [0, 0.05) is 37.7 Å². The maximum Gasteiger partial charge on any atom is 0.330 e. The first-order chi connectivity index (χ1) is 53.8. The minimum absolute atomic E-state index is 0.0417. The lowest BCUT2D eigenvalue weighted by molar-refractivity contribution is -0.380. The van der Waals surface area contributed by atoms with Crippen LogP contribution in [0.2, 0.25) is 0 Å². The summed E-state index contributed by atoms with van der Waals surface area (Å²) in [5, 5.41) is 238. The van der Waals surface area contributed by atoms with Gasteiger partial charge in [-0.25, -0.2) is 14.4 Å². The molecule has 113 heavy (non-hydrogen) atoms. The molecule has 0 aromatic heterocycles. The first-order valence-corrected chi connectivity index (χ1v) is 38.9. The van der Waals surface area contributed by atoms with Crippen molar-refractivity contribution >= 4 is 17.9 Å². The van der Waals surface area contributed by atoms with Gasteiger partial charge in [-0.15, -0.1) is 0 Å². The fourth-order valence-corrected chi connectivity index (χ4v) is 17.2. The Labute approximate surface area is 649 Å². The average Bonchev–Trinajstić information content (AvgIpc) is 0.715. The summed E-state index contributed by atoms with van der Waals surface area (Å²) in [5.74, 6) is -5.34. The highest BCUT2D eigenvalue weighted by molar-refractivity contribution is 5.82. The van der Waals surface area contributed by atoms with Crippen molar-refractivity contribution in [2.45, 2.75) is 329 Å². The minimum atomic E-state index is -2.13. The second-order valence-corrected chi connectivity index (χ2v) is 31.8. The van der Waals surface area contributed by atoms with E-state index in [1.165, 1.54) is 25.3 Å². The molecule has 18 unspecified atom stereocenters. The molecule has 0 radical (unpaired) electrons. The van der Waals surface area contributed by atoms with Gasteiger partial charge in [-0.2, -0.15) is 0 Å². The lowest BCUT2D eigenvalue weighted by atomic mass is 9.72. The molecule has 0 spiro atoms. The highest BCUT2D eigenvalue weighted by Gasteiger charge is 2.58. The maximum atomic E-state index is 13.7. The summed E-state index contributed by atoms with van der Waals surface area (Å²) in [6, 6.07) is 0. The minimum Gasteiger partial charge on any atom is -0.460 e. The van der Waals surface area contributed by atoms with E-state index in [0.29, 0.717) is 19.3 Å². The third-order valence-electron chi connectivity index (χ3n) is 24.0. The highest BCUT2D eigenvalue weighted by atomic mass is 16.8. The van der Waals surface area contributed by atoms with Crippen LogP contribution in [0.15, 0.2) is 36.5 Å². The van der Waals surface area contributed by atoms with E-state index in [1.54, 1.807) is 0 Å². The Bertz CT molecular complexity index is 3080. The number of fused-ring (bicyclic) bond motifs is 1. The molecule has 11 rings (SSSR count). The SMILES string of the molecule is COC1CC(C2OC3CC(O)CC(O[C@@H]4O[C@H](CO)[C@@H](O)[C@H](O)[C@H]4O)C3CC2O[C@@H]2O[C@H](COC(=O)C=CC3CCC(O[C@@H]4O[C@H](COC(=O)C=CC5CCC(O)C(O[C@@H]6O[C@H](CO)[C@@H](O)[C@H](O)[C@H]6O)C5)[C@@H](O)[C@H](O)[C@H]4O)C(O)C3)[C@@H](O)[C@H](O)[C@H]2O[C@@H]2O[C@H](COC(=O)C=CC3CCC(O)C(O)C3)[C@@H](O)[C@H](O)[C@H]2O)CCC1O. The van der Waals surface area contributed by atoms with E-state index < -0.39 is 302 Å². The van der Waals surface area contributed by atoms with Gasteiger partial charge in [0.15, 0.2) is 31.5 Å². The second-order valence-electron chi connectivity index (χ2n) is 31.8. The molecule has 0 aromatic carbocycles. The number of rotatable bonds is 26. The van der Waals surface area contributed by atoms with Crippen LogP contribution >= 0.6 is 0 Å². The fraction of sp³-hybridized carbons (Fsp3) is 0.877. The van der Waals surface area contributed by atoms with Crippen molar-refractivity contribution < 1.29 is 198 Å². The number of hydrogen-bond acceptors (Lipinski definition) is 40. The van der Waals surface area contributed by atoms with Crippen LogP contribution in [0, 0.1) is 29.6 Å². The number of carbonyl (C=O) groups is 3. The topological polar surface area (TPSA) is 635 Å². The van der Waals surface area contributed by atoms with Crippen LogP contribution in [-0.4, -0.2) is 403 Å². The maximum absolute atomic E-state index is 13.7. The Morgan fingerprint density at radius 3 is 1.21 bits per heavy atom. The van der Waals surface area contributed by atoms with Gasteiger partial charge in [-0.05, 0) is 114 Å². The Kier molecular flexibility index (Phi) is 32.3. The Morgan fingerprint density at radius 1 is 0.327 bits per heavy atom. The van der Waals surface area contributed by atoms with E-state index in [-0.39, 0.29) is 88.9 Å². The summed E-state index contributed by atoms with van der Waals surface area (Å²) in [6.45, 7) is -3.69. The lowest BCUT2D eigenvalue weighted by Gasteiger charge is -2.53. The molecule has 43 atom stereocenters. The predicted octanol–water partition coefficient (Wildman–Crippen LogP) is -9.18. The molecule has 22 N–H and O–H groups in total. The number of aliphatic hydroxyl groups excluding tert-OH is 22. The number of ether oxygens (including phenoxy) is 15. The van der Waals surface area contributed by atoms with Gasteiger partial charge in [0.05, 0.1) is 92.6 Å². The van der Waals surface area contributed by atoms with E-state index >= 15 is 0 Å². The Morgan fingerprint density at radius 2 is 0.726 bits per heavy atom. The predicted molar refractivity (Wildman–Crippen MR) is 368 cm³/mol. The molecule has 5 aliphatic carbocycles. The number of allylic oxidation sites excluding steroid dienone is 3. The molecule has 6 aliphatic heterocycles. The van der Waals surface area contributed by atoms with Crippen LogP contribution in [0.4, 0.5) is 0 Å². The normalized spacial score (nSPS) is 48.9. The van der Waals surface area contributed by atoms with Gasteiger partial charge in [0.2, 0.25) is 0 Å². The van der Waals surface area contributed by atoms with Crippen LogP contribution in [0.1, 0.15) is 96.3 Å². The van der Waals surface area contributed by atoms with Crippen LogP contribution in [-0.2, 0) is 85.4 Å². The highest BCUT2D eigenvalue weighted by Crippen LogP contribution is 2.47. The standard InChI is InChI=1S/C73H114O40/c1-99-42-19-31(8-11-35(42)78)67-44(22-33-40(103-67)20-32(76)21-41(33)105-70-63(95)58(90)53(85)45(23-74)108-70)107-73-68(113-72-66(98)61(93)56(88)48(111-72)26-101-50(82)13-5-28-2-9-34(77)37(80)16-28)62(94)57(89)49(112-73)27-102-51(83)14-6-29-4-12-39(38(81)17-29)104-69-65(97)60(92)55(87)47(110-69)25-100-52(84)15-7-30-3-10-36(79)43(18-30)106-71-64(96)59(91)54(86)46(24-75)109-71/h5-7,13-15,28-49,53-81,85-98H,2-4,8-12,16-27H2,1H3/t28?,29?,30?,31?,32?,33?,34?,35?,36?,37?,38?,39?,40?,41?,42?,43?,44?,45-,46-,47-,48-,49-,53-,54-,55-,56-,57-,58+,59+,60+,61+,62+,63-,64-,65-,66-,67?,68-,69-,70-,71-,72+,73-/m1/s1. The third-order valence-corrected chi connectivity index (χ3v) is 24.0. The largest absolute Gasteiger partial charge is 0.460 e. The molecule has 40 heteroatoms. The summed E-state index contributed by atoms with van der Waals surface area (Å²) < 4.78 is 89.3. The molecule has 6 saturated heterocycles. The molecule has 40 nitrogen and oxygen atoms in total. The Balaban J connectivity index is 0.735.